The zero-order chi connectivity index (χ0) is 23.5. The Bertz CT molecular complexity index is 1120. The minimum atomic E-state index is -3.75. The fourth-order valence-corrected chi connectivity index (χ4v) is 5.37. The van der Waals surface area contributed by atoms with Gasteiger partial charge < -0.3 is 11.1 Å². The van der Waals surface area contributed by atoms with E-state index >= 15 is 0 Å². The fourth-order valence-electron chi connectivity index (χ4n) is 3.88. The van der Waals surface area contributed by atoms with Gasteiger partial charge >= 0.3 is 0 Å². The molecule has 3 heterocycles. The molecule has 2 aromatic heterocycles. The Morgan fingerprint density at radius 3 is 2.47 bits per heavy atom. The Kier molecular flexibility index (Phi) is 7.29. The summed E-state index contributed by atoms with van der Waals surface area (Å²) < 4.78 is 29.2. The van der Waals surface area contributed by atoms with Crippen LogP contribution in [-0.2, 0) is 23.0 Å². The lowest BCUT2D eigenvalue weighted by Crippen LogP contribution is -2.35. The predicted octanol–water partition coefficient (Wildman–Crippen LogP) is 2.08. The topological polar surface area (TPSA) is 140 Å². The third-order valence-corrected chi connectivity index (χ3v) is 7.42. The number of hydrogen-bond acceptors (Lipinski definition) is 6. The van der Waals surface area contributed by atoms with Crippen molar-refractivity contribution in [3.05, 3.63) is 34.9 Å². The molecule has 0 saturated carbocycles. The van der Waals surface area contributed by atoms with Gasteiger partial charge in [0.2, 0.25) is 10.0 Å². The highest BCUT2D eigenvalue weighted by Crippen LogP contribution is 2.25. The first kappa shape index (κ1) is 23.9. The second-order valence-corrected chi connectivity index (χ2v) is 9.77. The van der Waals surface area contributed by atoms with Gasteiger partial charge in [-0.1, -0.05) is 20.3 Å². The van der Waals surface area contributed by atoms with Gasteiger partial charge in [0, 0.05) is 25.8 Å². The van der Waals surface area contributed by atoms with E-state index in [4.69, 9.17) is 5.73 Å². The Morgan fingerprint density at radius 1 is 1.19 bits per heavy atom. The van der Waals surface area contributed by atoms with Crippen LogP contribution in [0.25, 0.3) is 0 Å². The molecule has 2 amide bonds. The molecule has 2 aromatic rings. The quantitative estimate of drug-likeness (QED) is 0.615. The van der Waals surface area contributed by atoms with Crippen molar-refractivity contribution in [3.63, 3.8) is 0 Å². The molecule has 1 aliphatic rings. The van der Waals surface area contributed by atoms with Gasteiger partial charge in [-0.05, 0) is 38.7 Å². The first-order valence-corrected chi connectivity index (χ1v) is 12.3. The molecule has 0 atom stereocenters. The van der Waals surface area contributed by atoms with Crippen LogP contribution in [0.5, 0.6) is 0 Å². The van der Waals surface area contributed by atoms with E-state index in [9.17, 15) is 18.0 Å². The molecule has 3 N–H and O–H groups in total. The molecule has 0 radical (unpaired) electrons. The molecule has 0 bridgehead atoms. The first-order chi connectivity index (χ1) is 15.2. The van der Waals surface area contributed by atoms with E-state index in [0.29, 0.717) is 37.4 Å². The zero-order valence-electron chi connectivity index (χ0n) is 18.7. The third-order valence-electron chi connectivity index (χ3n) is 5.56. The highest BCUT2D eigenvalue weighted by atomic mass is 32.2. The van der Waals surface area contributed by atoms with Crippen molar-refractivity contribution in [2.24, 2.45) is 5.73 Å². The van der Waals surface area contributed by atoms with E-state index < -0.39 is 21.8 Å². The van der Waals surface area contributed by atoms with Gasteiger partial charge in [0.15, 0.2) is 5.69 Å². The van der Waals surface area contributed by atoms with E-state index in [1.807, 2.05) is 13.8 Å². The SMILES string of the molecule is CCCn1nc(C(N)=O)c(NC(=O)c2cc(S(=O)(=O)N3CCCCC3)cnc2C)c1CC. The highest BCUT2D eigenvalue weighted by Gasteiger charge is 2.28. The number of primary amides is 1. The van der Waals surface area contributed by atoms with Crippen LogP contribution in [0.1, 0.15) is 71.8 Å². The number of pyridine rings is 1. The van der Waals surface area contributed by atoms with Crippen LogP contribution in [0.2, 0.25) is 0 Å². The molecule has 1 saturated heterocycles. The van der Waals surface area contributed by atoms with Crippen LogP contribution in [0.3, 0.4) is 0 Å². The Hall–Kier alpha value is -2.79. The van der Waals surface area contributed by atoms with Gasteiger partial charge in [-0.2, -0.15) is 9.40 Å². The molecule has 0 aromatic carbocycles. The molecular weight excluding hydrogens is 432 g/mol. The van der Waals surface area contributed by atoms with Gasteiger partial charge in [-0.15, -0.1) is 0 Å². The maximum atomic E-state index is 13.2. The molecule has 32 heavy (non-hydrogen) atoms. The van der Waals surface area contributed by atoms with Crippen LogP contribution >= 0.6 is 0 Å². The molecule has 3 rings (SSSR count). The molecule has 1 aliphatic heterocycles. The number of aryl methyl sites for hydroxylation is 2. The number of nitrogens with zero attached hydrogens (tertiary/aromatic N) is 4. The second-order valence-electron chi connectivity index (χ2n) is 7.83. The molecule has 174 valence electrons. The summed E-state index contributed by atoms with van der Waals surface area (Å²) in [6, 6.07) is 1.34. The van der Waals surface area contributed by atoms with Crippen molar-refractivity contribution in [1.29, 1.82) is 0 Å². The maximum absolute atomic E-state index is 13.2. The minimum absolute atomic E-state index is 0.0219. The summed E-state index contributed by atoms with van der Waals surface area (Å²) in [5.41, 5.74) is 6.89. The summed E-state index contributed by atoms with van der Waals surface area (Å²) in [6.45, 7) is 6.98. The number of amides is 2. The maximum Gasteiger partial charge on any atom is 0.271 e. The molecule has 0 spiro atoms. The summed E-state index contributed by atoms with van der Waals surface area (Å²) in [5.74, 6) is -1.32. The molecule has 1 fully saturated rings. The van der Waals surface area contributed by atoms with Crippen molar-refractivity contribution in [1.82, 2.24) is 19.1 Å². The number of nitrogens with one attached hydrogen (secondary N) is 1. The highest BCUT2D eigenvalue weighted by molar-refractivity contribution is 7.89. The number of carbonyl (C=O) groups is 2. The number of rotatable bonds is 8. The van der Waals surface area contributed by atoms with Gasteiger partial charge in [0.05, 0.1) is 22.6 Å². The molecule has 0 aliphatic carbocycles. The van der Waals surface area contributed by atoms with Gasteiger partial charge in [0.25, 0.3) is 11.8 Å². The minimum Gasteiger partial charge on any atom is -0.364 e. The Balaban J connectivity index is 1.97. The summed E-state index contributed by atoms with van der Waals surface area (Å²) in [5, 5.41) is 7.00. The number of carbonyl (C=O) groups excluding carboxylic acids is 2. The molecule has 0 unspecified atom stereocenters. The smallest absolute Gasteiger partial charge is 0.271 e. The number of aromatic nitrogens is 3. The van der Waals surface area contributed by atoms with Gasteiger partial charge in [-0.25, -0.2) is 8.42 Å². The second kappa shape index (κ2) is 9.78. The number of sulfonamides is 1. The average molecular weight is 463 g/mol. The largest absolute Gasteiger partial charge is 0.364 e. The van der Waals surface area contributed by atoms with Crippen molar-refractivity contribution in [3.8, 4) is 0 Å². The van der Waals surface area contributed by atoms with E-state index in [0.717, 1.165) is 25.7 Å². The summed E-state index contributed by atoms with van der Waals surface area (Å²) in [4.78, 5) is 29.2. The standard InChI is InChI=1S/C21H30N6O4S/c1-4-9-27-17(5-2)18(19(25-27)20(22)28)24-21(29)16-12-15(13-23-14(16)3)32(30,31)26-10-7-6-8-11-26/h12-13H,4-11H2,1-3H3,(H2,22,28)(H,24,29). The van der Waals surface area contributed by atoms with Crippen LogP contribution < -0.4 is 11.1 Å². The van der Waals surface area contributed by atoms with Gasteiger partial charge in [0.1, 0.15) is 4.90 Å². The summed E-state index contributed by atoms with van der Waals surface area (Å²) >= 11 is 0. The normalized spacial score (nSPS) is 15.0. The molecule has 11 heteroatoms. The molecular formula is C21H30N6O4S. The van der Waals surface area contributed by atoms with E-state index in [2.05, 4.69) is 15.4 Å². The van der Waals surface area contributed by atoms with Crippen molar-refractivity contribution in [2.75, 3.05) is 18.4 Å². The van der Waals surface area contributed by atoms with Crippen LogP contribution in [0, 0.1) is 6.92 Å². The van der Waals surface area contributed by atoms with Crippen LogP contribution in [0.15, 0.2) is 17.2 Å². The van der Waals surface area contributed by atoms with E-state index in [-0.39, 0.29) is 21.8 Å². The van der Waals surface area contributed by atoms with Crippen LogP contribution in [-0.4, -0.2) is 52.4 Å². The number of nitrogens with two attached hydrogens (primary N) is 1. The first-order valence-electron chi connectivity index (χ1n) is 10.9. The third kappa shape index (κ3) is 4.68. The number of hydrogen-bond donors (Lipinski definition) is 2. The van der Waals surface area contributed by atoms with Crippen molar-refractivity contribution in [2.45, 2.75) is 64.3 Å². The Labute approximate surface area is 188 Å². The van der Waals surface area contributed by atoms with Crippen molar-refractivity contribution >= 4 is 27.5 Å². The fraction of sp³-hybridized carbons (Fsp3) is 0.524. The van der Waals surface area contributed by atoms with E-state index in [1.165, 1.54) is 16.6 Å². The lowest BCUT2D eigenvalue weighted by atomic mass is 10.1. The van der Waals surface area contributed by atoms with Crippen LogP contribution in [0.4, 0.5) is 5.69 Å². The monoisotopic (exact) mass is 462 g/mol. The number of anilines is 1. The van der Waals surface area contributed by atoms with Crippen molar-refractivity contribution < 1.29 is 18.0 Å². The lowest BCUT2D eigenvalue weighted by molar-refractivity contribution is 0.0995. The van der Waals surface area contributed by atoms with Gasteiger partial charge in [-0.3, -0.25) is 19.3 Å². The summed E-state index contributed by atoms with van der Waals surface area (Å²) in [7, 11) is -3.75. The zero-order valence-corrected chi connectivity index (χ0v) is 19.5. The predicted molar refractivity (Wildman–Crippen MR) is 120 cm³/mol. The average Bonchev–Trinajstić information content (AvgIpc) is 3.11. The summed E-state index contributed by atoms with van der Waals surface area (Å²) in [6.07, 6.45) is 5.21. The molecule has 10 nitrogen and oxygen atoms in total. The van der Waals surface area contributed by atoms with E-state index in [1.54, 1.807) is 11.6 Å². The number of piperidine rings is 1. The lowest BCUT2D eigenvalue weighted by Gasteiger charge is -2.26. The Morgan fingerprint density at radius 2 is 1.88 bits per heavy atom.